The highest BCUT2D eigenvalue weighted by Gasteiger charge is 2.42. The molecule has 0 bridgehead atoms. The second-order valence-corrected chi connectivity index (χ2v) is 6.29. The molecule has 2 aliphatic heterocycles. The molecule has 2 fully saturated rings. The van der Waals surface area contributed by atoms with Gasteiger partial charge in [-0.2, -0.15) is 4.37 Å². The van der Waals surface area contributed by atoms with Crippen LogP contribution in [-0.4, -0.2) is 35.7 Å². The molecule has 0 aromatic carbocycles. The van der Waals surface area contributed by atoms with Crippen LogP contribution in [0, 0.1) is 5.41 Å². The van der Waals surface area contributed by atoms with Crippen LogP contribution < -0.4 is 4.90 Å². The van der Waals surface area contributed by atoms with Gasteiger partial charge in [-0.3, -0.25) is 0 Å². The third kappa shape index (κ3) is 2.06. The lowest BCUT2D eigenvalue weighted by Crippen LogP contribution is -2.27. The lowest BCUT2D eigenvalue weighted by atomic mass is 9.87. The topological polar surface area (TPSA) is 38.2 Å². The van der Waals surface area contributed by atoms with E-state index in [9.17, 15) is 0 Å². The van der Waals surface area contributed by atoms with Crippen LogP contribution in [0.1, 0.15) is 38.4 Å². The summed E-state index contributed by atoms with van der Waals surface area (Å²) in [6.07, 6.45) is 2.45. The van der Waals surface area contributed by atoms with Crippen LogP contribution in [0.25, 0.3) is 0 Å². The molecule has 3 rings (SSSR count). The first-order valence-electron chi connectivity index (χ1n) is 6.35. The molecule has 3 heterocycles. The Labute approximate surface area is 106 Å². The minimum absolute atomic E-state index is 0.406. The van der Waals surface area contributed by atoms with Crippen LogP contribution in [-0.2, 0) is 4.74 Å². The summed E-state index contributed by atoms with van der Waals surface area (Å²) in [7, 11) is 0. The van der Waals surface area contributed by atoms with E-state index in [0.29, 0.717) is 11.3 Å². The molecule has 2 aliphatic rings. The fourth-order valence-electron chi connectivity index (χ4n) is 2.66. The molecule has 4 nitrogen and oxygen atoms in total. The van der Waals surface area contributed by atoms with Gasteiger partial charge in [0.1, 0.15) is 5.82 Å². The summed E-state index contributed by atoms with van der Waals surface area (Å²) in [5.41, 5.74) is 0.406. The lowest BCUT2D eigenvalue weighted by Gasteiger charge is -2.21. The van der Waals surface area contributed by atoms with Gasteiger partial charge in [0.2, 0.25) is 5.13 Å². The maximum absolute atomic E-state index is 5.55. The maximum atomic E-state index is 5.55. The number of ether oxygens (including phenoxy) is 1. The van der Waals surface area contributed by atoms with Crippen molar-refractivity contribution in [3.05, 3.63) is 5.82 Å². The molecule has 1 atom stereocenters. The first-order valence-corrected chi connectivity index (χ1v) is 7.12. The third-order valence-electron chi connectivity index (χ3n) is 3.84. The van der Waals surface area contributed by atoms with E-state index in [4.69, 9.17) is 4.74 Å². The van der Waals surface area contributed by atoms with E-state index in [0.717, 1.165) is 37.3 Å². The zero-order valence-corrected chi connectivity index (χ0v) is 11.3. The van der Waals surface area contributed by atoms with Gasteiger partial charge in [0, 0.05) is 42.6 Å². The van der Waals surface area contributed by atoms with Crippen LogP contribution in [0.15, 0.2) is 0 Å². The zero-order valence-electron chi connectivity index (χ0n) is 10.5. The van der Waals surface area contributed by atoms with Gasteiger partial charge in [0.05, 0.1) is 6.61 Å². The molecular weight excluding hydrogens is 234 g/mol. The molecule has 1 aromatic rings. The van der Waals surface area contributed by atoms with E-state index in [2.05, 4.69) is 28.1 Å². The Bertz CT molecular complexity index is 398. The molecule has 0 aliphatic carbocycles. The predicted octanol–water partition coefficient (Wildman–Crippen LogP) is 2.28. The molecule has 0 N–H and O–H groups in total. The fraction of sp³-hybridized carbons (Fsp3) is 0.833. The van der Waals surface area contributed by atoms with Gasteiger partial charge < -0.3 is 9.64 Å². The Hall–Kier alpha value is -0.680. The zero-order chi connectivity index (χ0) is 11.9. The van der Waals surface area contributed by atoms with Crippen molar-refractivity contribution in [1.29, 1.82) is 0 Å². The van der Waals surface area contributed by atoms with Crippen molar-refractivity contribution in [3.63, 3.8) is 0 Å². The second-order valence-electron chi connectivity index (χ2n) is 5.56. The second kappa shape index (κ2) is 4.21. The average molecular weight is 253 g/mol. The normalized spacial score (nSPS) is 28.8. The molecule has 0 amide bonds. The van der Waals surface area contributed by atoms with Gasteiger partial charge in [-0.15, -0.1) is 0 Å². The highest BCUT2D eigenvalue weighted by atomic mass is 32.1. The Morgan fingerprint density at radius 2 is 2.29 bits per heavy atom. The van der Waals surface area contributed by atoms with Crippen molar-refractivity contribution in [2.45, 2.75) is 32.6 Å². The van der Waals surface area contributed by atoms with E-state index >= 15 is 0 Å². The Balaban J connectivity index is 1.73. The number of anilines is 1. The molecule has 94 valence electrons. The van der Waals surface area contributed by atoms with E-state index < -0.39 is 0 Å². The van der Waals surface area contributed by atoms with Crippen molar-refractivity contribution in [3.8, 4) is 0 Å². The van der Waals surface area contributed by atoms with Gasteiger partial charge in [0.25, 0.3) is 0 Å². The van der Waals surface area contributed by atoms with Gasteiger partial charge >= 0.3 is 0 Å². The van der Waals surface area contributed by atoms with E-state index in [1.807, 2.05) is 0 Å². The Morgan fingerprint density at radius 3 is 2.94 bits per heavy atom. The minimum atomic E-state index is 0.406. The summed E-state index contributed by atoms with van der Waals surface area (Å²) in [6.45, 7) is 8.35. The molecule has 0 radical (unpaired) electrons. The van der Waals surface area contributed by atoms with Crippen LogP contribution >= 0.6 is 11.5 Å². The van der Waals surface area contributed by atoms with E-state index in [1.54, 1.807) is 11.5 Å². The van der Waals surface area contributed by atoms with Crippen LogP contribution in [0.2, 0.25) is 0 Å². The molecule has 0 unspecified atom stereocenters. The lowest BCUT2D eigenvalue weighted by molar-refractivity contribution is 0.160. The summed E-state index contributed by atoms with van der Waals surface area (Å²) in [5.74, 6) is 1.40. The highest BCUT2D eigenvalue weighted by Crippen LogP contribution is 2.40. The molecular formula is C12H19N3OS. The van der Waals surface area contributed by atoms with Crippen LogP contribution in [0.4, 0.5) is 5.13 Å². The summed E-state index contributed by atoms with van der Waals surface area (Å²) in [6, 6.07) is 0. The molecule has 0 saturated carbocycles. The number of aromatic nitrogens is 2. The summed E-state index contributed by atoms with van der Waals surface area (Å²) in [5, 5.41) is 1.09. The van der Waals surface area contributed by atoms with Gasteiger partial charge in [-0.25, -0.2) is 4.98 Å². The Morgan fingerprint density at radius 1 is 1.41 bits per heavy atom. The van der Waals surface area contributed by atoms with Crippen molar-refractivity contribution < 1.29 is 4.74 Å². The largest absolute Gasteiger partial charge is 0.381 e. The smallest absolute Gasteiger partial charge is 0.205 e. The average Bonchev–Trinajstić information content (AvgIpc) is 3.01. The van der Waals surface area contributed by atoms with Gasteiger partial charge in [-0.1, -0.05) is 13.8 Å². The molecule has 1 spiro atoms. The first-order chi connectivity index (χ1) is 8.19. The fourth-order valence-corrected chi connectivity index (χ4v) is 3.49. The standard InChI is InChI=1S/C12H19N3OS/c1-9(2)10-13-11(17-14-10)15-5-3-12(7-15)4-6-16-8-12/h9H,3-8H2,1-2H3/t12-/m1/s1. The van der Waals surface area contributed by atoms with Crippen molar-refractivity contribution in [2.75, 3.05) is 31.2 Å². The SMILES string of the molecule is CC(C)c1nsc(N2CC[C@@]3(CCOC3)C2)n1. The highest BCUT2D eigenvalue weighted by molar-refractivity contribution is 7.09. The van der Waals surface area contributed by atoms with E-state index in [1.165, 1.54) is 12.8 Å². The summed E-state index contributed by atoms with van der Waals surface area (Å²) in [4.78, 5) is 7.03. The molecule has 2 saturated heterocycles. The minimum Gasteiger partial charge on any atom is -0.381 e. The Kier molecular flexibility index (Phi) is 2.83. The number of rotatable bonds is 2. The third-order valence-corrected chi connectivity index (χ3v) is 4.63. The maximum Gasteiger partial charge on any atom is 0.205 e. The van der Waals surface area contributed by atoms with Crippen LogP contribution in [0.3, 0.4) is 0 Å². The van der Waals surface area contributed by atoms with Crippen molar-refractivity contribution in [2.24, 2.45) is 5.41 Å². The summed E-state index contributed by atoms with van der Waals surface area (Å²) < 4.78 is 9.98. The quantitative estimate of drug-likeness (QED) is 0.810. The predicted molar refractivity (Wildman–Crippen MR) is 68.7 cm³/mol. The molecule has 5 heteroatoms. The summed E-state index contributed by atoms with van der Waals surface area (Å²) >= 11 is 1.54. The van der Waals surface area contributed by atoms with Crippen molar-refractivity contribution in [1.82, 2.24) is 9.36 Å². The van der Waals surface area contributed by atoms with Gasteiger partial charge in [0.15, 0.2) is 0 Å². The number of nitrogens with zero attached hydrogens (tertiary/aromatic N) is 3. The van der Waals surface area contributed by atoms with Crippen LogP contribution in [0.5, 0.6) is 0 Å². The molecule has 17 heavy (non-hydrogen) atoms. The number of hydrogen-bond acceptors (Lipinski definition) is 5. The van der Waals surface area contributed by atoms with Gasteiger partial charge in [-0.05, 0) is 12.8 Å². The first kappa shape index (κ1) is 11.4. The van der Waals surface area contributed by atoms with E-state index in [-0.39, 0.29) is 0 Å². The number of hydrogen-bond donors (Lipinski definition) is 0. The van der Waals surface area contributed by atoms with Crippen molar-refractivity contribution >= 4 is 16.7 Å². The monoisotopic (exact) mass is 253 g/mol. The molecule has 1 aromatic heterocycles.